The van der Waals surface area contributed by atoms with Crippen LogP contribution in [0, 0.1) is 5.82 Å². The third-order valence-corrected chi connectivity index (χ3v) is 2.92. The van der Waals surface area contributed by atoms with Gasteiger partial charge in [-0.3, -0.25) is 0 Å². The van der Waals surface area contributed by atoms with Crippen molar-refractivity contribution in [2.45, 2.75) is 13.2 Å². The summed E-state index contributed by atoms with van der Waals surface area (Å²) >= 11 is 5.87. The molecule has 0 heterocycles. The minimum Gasteiger partial charge on any atom is -0.434 e. The molecule has 0 aliphatic rings. The Morgan fingerprint density at radius 1 is 1.10 bits per heavy atom. The molecular formula is C14H11ClF3NO. The minimum atomic E-state index is -2.91. The van der Waals surface area contributed by atoms with Crippen molar-refractivity contribution in [2.75, 3.05) is 5.32 Å². The highest BCUT2D eigenvalue weighted by atomic mass is 35.5. The molecule has 0 unspecified atom stereocenters. The Hall–Kier alpha value is -1.88. The molecular weight excluding hydrogens is 291 g/mol. The fourth-order valence-electron chi connectivity index (χ4n) is 1.71. The zero-order valence-corrected chi connectivity index (χ0v) is 11.0. The van der Waals surface area contributed by atoms with E-state index in [0.717, 1.165) is 0 Å². The first-order valence-corrected chi connectivity index (χ1v) is 6.16. The van der Waals surface area contributed by atoms with Crippen LogP contribution in [-0.2, 0) is 6.54 Å². The summed E-state index contributed by atoms with van der Waals surface area (Å²) in [5.74, 6) is -0.466. The first-order chi connectivity index (χ1) is 9.58. The normalized spacial score (nSPS) is 10.7. The van der Waals surface area contributed by atoms with Crippen molar-refractivity contribution in [3.63, 3.8) is 0 Å². The average Bonchev–Trinajstić information content (AvgIpc) is 2.39. The summed E-state index contributed by atoms with van der Waals surface area (Å²) in [7, 11) is 0. The van der Waals surface area contributed by atoms with Gasteiger partial charge in [0, 0.05) is 12.1 Å². The molecule has 106 valence electrons. The Balaban J connectivity index is 2.15. The number of ether oxygens (including phenoxy) is 1. The van der Waals surface area contributed by atoms with E-state index in [9.17, 15) is 13.2 Å². The van der Waals surface area contributed by atoms with Crippen molar-refractivity contribution in [3.8, 4) is 5.75 Å². The summed E-state index contributed by atoms with van der Waals surface area (Å²) in [5.41, 5.74) is 0.605. The van der Waals surface area contributed by atoms with Gasteiger partial charge in [-0.2, -0.15) is 8.78 Å². The lowest BCUT2D eigenvalue weighted by atomic mass is 10.2. The Kier molecular flexibility index (Phi) is 4.74. The molecule has 2 aromatic rings. The molecule has 1 N–H and O–H groups in total. The molecule has 2 rings (SSSR count). The Morgan fingerprint density at radius 2 is 1.85 bits per heavy atom. The van der Waals surface area contributed by atoms with Gasteiger partial charge in [0.05, 0.1) is 10.7 Å². The molecule has 2 aromatic carbocycles. The van der Waals surface area contributed by atoms with Gasteiger partial charge in [-0.15, -0.1) is 0 Å². The number of alkyl halides is 2. The molecule has 2 nitrogen and oxygen atoms in total. The van der Waals surface area contributed by atoms with E-state index in [-0.39, 0.29) is 23.0 Å². The third kappa shape index (κ3) is 3.57. The van der Waals surface area contributed by atoms with Crippen LogP contribution in [0.2, 0.25) is 5.02 Å². The highest BCUT2D eigenvalue weighted by Crippen LogP contribution is 2.27. The van der Waals surface area contributed by atoms with Crippen LogP contribution in [0.15, 0.2) is 42.5 Å². The molecule has 0 fully saturated rings. The van der Waals surface area contributed by atoms with Gasteiger partial charge in [0.25, 0.3) is 0 Å². The highest BCUT2D eigenvalue weighted by molar-refractivity contribution is 6.33. The molecule has 20 heavy (non-hydrogen) atoms. The smallest absolute Gasteiger partial charge is 0.387 e. The van der Waals surface area contributed by atoms with Crippen molar-refractivity contribution in [1.29, 1.82) is 0 Å². The summed E-state index contributed by atoms with van der Waals surface area (Å²) < 4.78 is 42.5. The lowest BCUT2D eigenvalue weighted by molar-refractivity contribution is -0.0504. The third-order valence-electron chi connectivity index (χ3n) is 2.61. The van der Waals surface area contributed by atoms with Crippen molar-refractivity contribution < 1.29 is 17.9 Å². The molecule has 0 atom stereocenters. The van der Waals surface area contributed by atoms with Crippen molar-refractivity contribution in [1.82, 2.24) is 0 Å². The number of rotatable bonds is 5. The lowest BCUT2D eigenvalue weighted by Gasteiger charge is -2.13. The van der Waals surface area contributed by atoms with E-state index in [4.69, 9.17) is 11.6 Å². The molecule has 0 amide bonds. The average molecular weight is 302 g/mol. The number of anilines is 1. The van der Waals surface area contributed by atoms with Gasteiger partial charge < -0.3 is 10.1 Å². The first kappa shape index (κ1) is 14.5. The van der Waals surface area contributed by atoms with Crippen LogP contribution in [0.1, 0.15) is 5.56 Å². The van der Waals surface area contributed by atoms with E-state index >= 15 is 0 Å². The van der Waals surface area contributed by atoms with Crippen molar-refractivity contribution in [2.24, 2.45) is 0 Å². The van der Waals surface area contributed by atoms with Crippen molar-refractivity contribution in [3.05, 3.63) is 58.9 Å². The maximum absolute atomic E-state index is 13.6. The Morgan fingerprint density at radius 3 is 2.55 bits per heavy atom. The SMILES string of the molecule is Fc1cccc(Cl)c1NCc1ccccc1OC(F)F. The summed E-state index contributed by atoms with van der Waals surface area (Å²) in [5, 5.41) is 3.00. The van der Waals surface area contributed by atoms with E-state index in [0.29, 0.717) is 5.56 Å². The Labute approximate surface area is 119 Å². The van der Waals surface area contributed by atoms with Crippen molar-refractivity contribution >= 4 is 17.3 Å². The van der Waals surface area contributed by atoms with Gasteiger partial charge in [-0.1, -0.05) is 35.9 Å². The predicted molar refractivity (Wildman–Crippen MR) is 71.8 cm³/mol. The fraction of sp³-hybridized carbons (Fsp3) is 0.143. The van der Waals surface area contributed by atoms with Crippen LogP contribution in [0.3, 0.4) is 0 Å². The first-order valence-electron chi connectivity index (χ1n) is 5.78. The lowest BCUT2D eigenvalue weighted by Crippen LogP contribution is -2.08. The van der Waals surface area contributed by atoms with Crippen LogP contribution in [0.5, 0.6) is 5.75 Å². The molecule has 0 aromatic heterocycles. The number of hydrogen-bond acceptors (Lipinski definition) is 2. The number of hydrogen-bond donors (Lipinski definition) is 1. The maximum atomic E-state index is 13.6. The molecule has 0 saturated heterocycles. The highest BCUT2D eigenvalue weighted by Gasteiger charge is 2.11. The molecule has 6 heteroatoms. The van der Waals surface area contributed by atoms with Gasteiger partial charge in [-0.05, 0) is 18.2 Å². The molecule has 0 saturated carbocycles. The number of nitrogens with one attached hydrogen (secondary N) is 1. The summed E-state index contributed by atoms with van der Waals surface area (Å²) in [4.78, 5) is 0. The zero-order valence-electron chi connectivity index (χ0n) is 10.2. The number of benzene rings is 2. The van der Waals surface area contributed by atoms with Gasteiger partial charge in [0.2, 0.25) is 0 Å². The standard InChI is InChI=1S/C14H11ClF3NO/c15-10-5-3-6-11(16)13(10)19-8-9-4-1-2-7-12(9)20-14(17)18/h1-7,14,19H,8H2. The van der Waals surface area contributed by atoms with E-state index in [2.05, 4.69) is 10.1 Å². The Bertz CT molecular complexity index is 572. The second kappa shape index (κ2) is 6.52. The van der Waals surface area contributed by atoms with E-state index in [1.807, 2.05) is 0 Å². The van der Waals surface area contributed by atoms with E-state index in [1.165, 1.54) is 24.3 Å². The minimum absolute atomic E-state index is 0.0439. The molecule has 0 spiro atoms. The summed E-state index contributed by atoms with van der Waals surface area (Å²) in [6.45, 7) is -2.79. The largest absolute Gasteiger partial charge is 0.434 e. The molecule has 0 radical (unpaired) electrons. The van der Waals surface area contributed by atoms with Crippen LogP contribution in [0.4, 0.5) is 18.9 Å². The van der Waals surface area contributed by atoms with Crippen LogP contribution >= 0.6 is 11.6 Å². The second-order valence-corrected chi connectivity index (χ2v) is 4.34. The van der Waals surface area contributed by atoms with Crippen LogP contribution in [0.25, 0.3) is 0 Å². The van der Waals surface area contributed by atoms with Gasteiger partial charge in [0.1, 0.15) is 11.6 Å². The second-order valence-electron chi connectivity index (χ2n) is 3.94. The van der Waals surface area contributed by atoms with Gasteiger partial charge in [0.15, 0.2) is 0 Å². The quantitative estimate of drug-likeness (QED) is 0.865. The van der Waals surface area contributed by atoms with Crippen LogP contribution in [-0.4, -0.2) is 6.61 Å². The zero-order chi connectivity index (χ0) is 14.5. The summed E-state index contributed by atoms with van der Waals surface area (Å²) in [6.07, 6.45) is 0. The number of halogens is 4. The maximum Gasteiger partial charge on any atom is 0.387 e. The topological polar surface area (TPSA) is 21.3 Å². The molecule has 0 aliphatic heterocycles. The predicted octanol–water partition coefficient (Wildman–Crippen LogP) is 4.69. The fourth-order valence-corrected chi connectivity index (χ4v) is 1.94. The molecule has 0 bridgehead atoms. The van der Waals surface area contributed by atoms with E-state index < -0.39 is 12.4 Å². The van der Waals surface area contributed by atoms with E-state index in [1.54, 1.807) is 18.2 Å². The van der Waals surface area contributed by atoms with Crippen LogP contribution < -0.4 is 10.1 Å². The summed E-state index contributed by atoms with van der Waals surface area (Å²) in [6, 6.07) is 10.6. The molecule has 0 aliphatic carbocycles. The van der Waals surface area contributed by atoms with Gasteiger partial charge >= 0.3 is 6.61 Å². The van der Waals surface area contributed by atoms with Gasteiger partial charge in [-0.25, -0.2) is 4.39 Å². The number of para-hydroxylation sites is 2. The monoisotopic (exact) mass is 301 g/mol.